The highest BCUT2D eigenvalue weighted by molar-refractivity contribution is 9.10. The Bertz CT molecular complexity index is 446. The molecule has 0 spiro atoms. The first-order chi connectivity index (χ1) is 9.15. The van der Waals surface area contributed by atoms with E-state index in [-0.39, 0.29) is 0 Å². The van der Waals surface area contributed by atoms with E-state index in [0.29, 0.717) is 12.5 Å². The van der Waals surface area contributed by atoms with Crippen LogP contribution in [0.4, 0.5) is 0 Å². The molecule has 0 saturated heterocycles. The predicted octanol–water partition coefficient (Wildman–Crippen LogP) is 3.99. The van der Waals surface area contributed by atoms with Gasteiger partial charge in [-0.05, 0) is 41.4 Å². The fourth-order valence-electron chi connectivity index (χ4n) is 1.68. The Morgan fingerprint density at radius 1 is 1.37 bits per heavy atom. The average molecular weight is 324 g/mol. The maximum absolute atomic E-state index is 5.84. The number of ether oxygens (including phenoxy) is 1. The first-order valence-electron chi connectivity index (χ1n) is 6.65. The number of rotatable bonds is 7. The first kappa shape index (κ1) is 16.1. The lowest BCUT2D eigenvalue weighted by Gasteiger charge is -2.14. The van der Waals surface area contributed by atoms with Gasteiger partial charge in [0.05, 0.1) is 11.1 Å². The molecule has 1 N–H and O–H groups in total. The van der Waals surface area contributed by atoms with Crippen LogP contribution in [0.25, 0.3) is 0 Å². The van der Waals surface area contributed by atoms with E-state index in [0.717, 1.165) is 29.7 Å². The third-order valence-corrected chi connectivity index (χ3v) is 3.19. The first-order valence-corrected chi connectivity index (χ1v) is 7.45. The molecule has 0 bridgehead atoms. The molecule has 0 aliphatic rings. The van der Waals surface area contributed by atoms with Crippen LogP contribution in [0.3, 0.4) is 0 Å². The number of hydrogen-bond acceptors (Lipinski definition) is 2. The zero-order chi connectivity index (χ0) is 14.1. The highest BCUT2D eigenvalue weighted by Gasteiger charge is 2.07. The lowest BCUT2D eigenvalue weighted by Crippen LogP contribution is -2.19. The van der Waals surface area contributed by atoms with E-state index < -0.39 is 0 Å². The van der Waals surface area contributed by atoms with Crippen molar-refractivity contribution in [3.05, 3.63) is 28.2 Å². The summed E-state index contributed by atoms with van der Waals surface area (Å²) in [7, 11) is 0. The summed E-state index contributed by atoms with van der Waals surface area (Å²) in [6, 6.07) is 6.14. The molecule has 1 aromatic rings. The highest BCUT2D eigenvalue weighted by atomic mass is 79.9. The Labute approximate surface area is 125 Å². The molecule has 0 fully saturated rings. The molecule has 0 radical (unpaired) electrons. The summed E-state index contributed by atoms with van der Waals surface area (Å²) in [5.74, 6) is 7.46. The quantitative estimate of drug-likeness (QED) is 0.605. The molecule has 2 nitrogen and oxygen atoms in total. The minimum absolute atomic E-state index is 0.626. The van der Waals surface area contributed by atoms with Crippen molar-refractivity contribution < 1.29 is 4.74 Å². The second-order valence-corrected chi connectivity index (χ2v) is 5.63. The summed E-state index contributed by atoms with van der Waals surface area (Å²) in [6.07, 6.45) is 0.761. The zero-order valence-corrected chi connectivity index (χ0v) is 13.5. The molecule has 0 heterocycles. The van der Waals surface area contributed by atoms with Gasteiger partial charge in [-0.2, -0.15) is 0 Å². The van der Waals surface area contributed by atoms with E-state index in [1.54, 1.807) is 0 Å². The Kier molecular flexibility index (Phi) is 7.62. The predicted molar refractivity (Wildman–Crippen MR) is 84.2 cm³/mol. The molecule has 104 valence electrons. The summed E-state index contributed by atoms with van der Waals surface area (Å²) in [6.45, 7) is 8.71. The van der Waals surface area contributed by atoms with Gasteiger partial charge < -0.3 is 10.1 Å². The molecular formula is C16H22BrNO. The second kappa shape index (κ2) is 9.01. The van der Waals surface area contributed by atoms with E-state index in [1.807, 2.05) is 19.1 Å². The molecule has 0 aliphatic carbocycles. The van der Waals surface area contributed by atoms with Crippen LogP contribution in [-0.4, -0.2) is 13.2 Å². The molecule has 1 aromatic carbocycles. The molecule has 19 heavy (non-hydrogen) atoms. The Morgan fingerprint density at radius 3 is 2.84 bits per heavy atom. The smallest absolute Gasteiger partial charge is 0.137 e. The van der Waals surface area contributed by atoms with Gasteiger partial charge in [0.25, 0.3) is 0 Å². The summed E-state index contributed by atoms with van der Waals surface area (Å²) in [4.78, 5) is 0. The van der Waals surface area contributed by atoms with Crippen molar-refractivity contribution in [1.29, 1.82) is 0 Å². The van der Waals surface area contributed by atoms with Crippen molar-refractivity contribution in [3.8, 4) is 17.6 Å². The third kappa shape index (κ3) is 6.13. The van der Waals surface area contributed by atoms with Gasteiger partial charge in [0, 0.05) is 18.5 Å². The van der Waals surface area contributed by atoms with Crippen LogP contribution in [-0.2, 0) is 6.54 Å². The molecule has 0 unspecified atom stereocenters. The third-order valence-electron chi connectivity index (χ3n) is 2.57. The Balaban J connectivity index is 2.62. The van der Waals surface area contributed by atoms with Gasteiger partial charge in [-0.25, -0.2) is 0 Å². The van der Waals surface area contributed by atoms with Crippen molar-refractivity contribution in [2.45, 2.75) is 33.7 Å². The minimum Gasteiger partial charge on any atom is -0.491 e. The second-order valence-electron chi connectivity index (χ2n) is 4.78. The van der Waals surface area contributed by atoms with Crippen LogP contribution in [0, 0.1) is 17.8 Å². The highest BCUT2D eigenvalue weighted by Crippen LogP contribution is 2.29. The molecule has 0 aliphatic heterocycles. The van der Waals surface area contributed by atoms with Crippen LogP contribution < -0.4 is 10.1 Å². The molecule has 3 heteroatoms. The minimum atomic E-state index is 0.626. The summed E-state index contributed by atoms with van der Waals surface area (Å²) in [5.41, 5.74) is 1.18. The fraction of sp³-hybridized carbons (Fsp3) is 0.500. The van der Waals surface area contributed by atoms with Crippen molar-refractivity contribution in [1.82, 2.24) is 5.32 Å². The van der Waals surface area contributed by atoms with E-state index >= 15 is 0 Å². The maximum Gasteiger partial charge on any atom is 0.137 e. The van der Waals surface area contributed by atoms with Crippen LogP contribution >= 0.6 is 15.9 Å². The lowest BCUT2D eigenvalue weighted by molar-refractivity contribution is 0.320. The van der Waals surface area contributed by atoms with Crippen molar-refractivity contribution in [3.63, 3.8) is 0 Å². The molecule has 0 amide bonds. The number of nitrogens with one attached hydrogen (secondary N) is 1. The van der Waals surface area contributed by atoms with E-state index in [9.17, 15) is 0 Å². The van der Waals surface area contributed by atoms with E-state index in [2.05, 4.69) is 53.0 Å². The standard InChI is InChI=1S/C16H22BrNO/c1-4-5-6-10-19-16-14(8-7-9-15(16)17)12-18-11-13(2)3/h7-9,13,18H,6,10-12H2,1-3H3. The van der Waals surface area contributed by atoms with Gasteiger partial charge in [-0.1, -0.05) is 26.0 Å². The van der Waals surface area contributed by atoms with Crippen LogP contribution in [0.2, 0.25) is 0 Å². The Hall–Kier alpha value is -0.980. The van der Waals surface area contributed by atoms with Crippen molar-refractivity contribution in [2.75, 3.05) is 13.2 Å². The zero-order valence-electron chi connectivity index (χ0n) is 11.9. The van der Waals surface area contributed by atoms with Crippen molar-refractivity contribution in [2.24, 2.45) is 5.92 Å². The van der Waals surface area contributed by atoms with Crippen LogP contribution in [0.15, 0.2) is 22.7 Å². The number of hydrogen-bond donors (Lipinski definition) is 1. The molecular weight excluding hydrogens is 302 g/mol. The van der Waals surface area contributed by atoms with Crippen LogP contribution in [0.1, 0.15) is 32.8 Å². The number of benzene rings is 1. The average Bonchev–Trinajstić information content (AvgIpc) is 2.36. The van der Waals surface area contributed by atoms with E-state index in [4.69, 9.17) is 4.74 Å². The van der Waals surface area contributed by atoms with Gasteiger partial charge in [0.15, 0.2) is 0 Å². The molecule has 0 saturated carbocycles. The lowest BCUT2D eigenvalue weighted by atomic mass is 10.2. The summed E-state index contributed by atoms with van der Waals surface area (Å²) >= 11 is 3.55. The fourth-order valence-corrected chi connectivity index (χ4v) is 2.20. The molecule has 0 aromatic heterocycles. The molecule has 1 rings (SSSR count). The number of halogens is 1. The van der Waals surface area contributed by atoms with Crippen LogP contribution in [0.5, 0.6) is 5.75 Å². The van der Waals surface area contributed by atoms with Gasteiger partial charge in [0.2, 0.25) is 0 Å². The van der Waals surface area contributed by atoms with Gasteiger partial charge in [-0.15, -0.1) is 11.8 Å². The summed E-state index contributed by atoms with van der Waals surface area (Å²) < 4.78 is 6.84. The van der Waals surface area contributed by atoms with Gasteiger partial charge in [-0.3, -0.25) is 0 Å². The molecule has 0 atom stereocenters. The van der Waals surface area contributed by atoms with Gasteiger partial charge in [0.1, 0.15) is 5.75 Å². The van der Waals surface area contributed by atoms with Crippen molar-refractivity contribution >= 4 is 15.9 Å². The largest absolute Gasteiger partial charge is 0.491 e. The Morgan fingerprint density at radius 2 is 2.16 bits per heavy atom. The van der Waals surface area contributed by atoms with Gasteiger partial charge >= 0.3 is 0 Å². The number of para-hydroxylation sites is 1. The van der Waals surface area contributed by atoms with E-state index in [1.165, 1.54) is 5.56 Å². The monoisotopic (exact) mass is 323 g/mol. The normalized spacial score (nSPS) is 10.2. The summed E-state index contributed by atoms with van der Waals surface area (Å²) in [5, 5.41) is 3.44. The topological polar surface area (TPSA) is 21.3 Å². The maximum atomic E-state index is 5.84. The SMILES string of the molecule is CC#CCCOc1c(Br)cccc1CNCC(C)C.